The lowest BCUT2D eigenvalue weighted by atomic mass is 9.98. The number of para-hydroxylation sites is 3. The number of fused-ring (bicyclic) bond motifs is 6. The van der Waals surface area contributed by atoms with E-state index in [1.807, 2.05) is 36.4 Å². The third-order valence-corrected chi connectivity index (χ3v) is 9.45. The van der Waals surface area contributed by atoms with Crippen LogP contribution in [0, 0.1) is 0 Å². The Kier molecular flexibility index (Phi) is 6.15. The van der Waals surface area contributed by atoms with Gasteiger partial charge in [-0.25, -0.2) is 4.98 Å². The first-order valence-corrected chi connectivity index (χ1v) is 16.4. The van der Waals surface area contributed by atoms with Gasteiger partial charge in [0.1, 0.15) is 16.7 Å². The van der Waals surface area contributed by atoms with Crippen molar-refractivity contribution in [1.82, 2.24) is 4.98 Å². The van der Waals surface area contributed by atoms with E-state index in [0.29, 0.717) is 5.89 Å². The third-order valence-electron chi connectivity index (χ3n) is 9.45. The minimum Gasteiger partial charge on any atom is -0.456 e. The molecule has 0 saturated carbocycles. The molecule has 0 aliphatic carbocycles. The Labute approximate surface area is 282 Å². The van der Waals surface area contributed by atoms with E-state index in [2.05, 4.69) is 138 Å². The molecule has 0 bridgehead atoms. The number of benzene rings is 8. The molecule has 0 fully saturated rings. The predicted octanol–water partition coefficient (Wildman–Crippen LogP) is 12.8. The Morgan fingerprint density at radius 3 is 1.78 bits per heavy atom. The van der Waals surface area contributed by atoms with E-state index in [-0.39, 0.29) is 0 Å². The number of oxazole rings is 1. The van der Waals surface area contributed by atoms with Crippen molar-refractivity contribution in [2.24, 2.45) is 0 Å². The van der Waals surface area contributed by atoms with Gasteiger partial charge in [-0.3, -0.25) is 0 Å². The number of nitrogens with zero attached hydrogens (tertiary/aromatic N) is 2. The average Bonchev–Trinajstić information content (AvgIpc) is 3.76. The van der Waals surface area contributed by atoms with Crippen LogP contribution in [0.5, 0.6) is 0 Å². The van der Waals surface area contributed by atoms with Crippen LogP contribution in [0.1, 0.15) is 0 Å². The molecule has 10 rings (SSSR count). The fourth-order valence-corrected chi connectivity index (χ4v) is 6.97. The Balaban J connectivity index is 1.08. The maximum atomic E-state index is 6.33. The molecule has 0 aliphatic rings. The quantitative estimate of drug-likeness (QED) is 0.190. The number of furan rings is 1. The van der Waals surface area contributed by atoms with Gasteiger partial charge < -0.3 is 13.7 Å². The highest BCUT2D eigenvalue weighted by Gasteiger charge is 2.17. The molecule has 49 heavy (non-hydrogen) atoms. The highest BCUT2D eigenvalue weighted by Crippen LogP contribution is 2.40. The molecule has 8 aromatic carbocycles. The van der Waals surface area contributed by atoms with Gasteiger partial charge in [-0.05, 0) is 112 Å². The molecule has 4 nitrogen and oxygen atoms in total. The molecule has 4 heteroatoms. The first-order valence-electron chi connectivity index (χ1n) is 16.4. The molecule has 0 amide bonds. The minimum absolute atomic E-state index is 0.607. The van der Waals surface area contributed by atoms with Crippen LogP contribution in [0.2, 0.25) is 0 Å². The molecule has 0 radical (unpaired) electrons. The topological polar surface area (TPSA) is 42.4 Å². The summed E-state index contributed by atoms with van der Waals surface area (Å²) in [4.78, 5) is 6.99. The van der Waals surface area contributed by atoms with Crippen molar-refractivity contribution in [3.8, 4) is 22.6 Å². The Morgan fingerprint density at radius 2 is 0.939 bits per heavy atom. The number of rotatable bonds is 5. The second kappa shape index (κ2) is 11.0. The summed E-state index contributed by atoms with van der Waals surface area (Å²) in [5.41, 5.74) is 9.78. The standard InChI is InChI=1S/C45H28N2O2/c1-2-8-31-25-32(14-13-29(31)7-1)33-15-16-35-27-37(22-19-34(35)26-33)47(38-23-24-40-39-9-3-5-11-42(39)48-44(40)28-38)36-20-17-30(18-21-36)45-46-41-10-4-6-12-43(41)49-45/h1-28H. The monoisotopic (exact) mass is 628 g/mol. The van der Waals surface area contributed by atoms with Crippen molar-refractivity contribution in [3.05, 3.63) is 170 Å². The van der Waals surface area contributed by atoms with Crippen molar-refractivity contribution < 1.29 is 8.83 Å². The fourth-order valence-electron chi connectivity index (χ4n) is 6.97. The smallest absolute Gasteiger partial charge is 0.227 e. The van der Waals surface area contributed by atoms with Crippen LogP contribution in [0.25, 0.3) is 77.2 Å². The van der Waals surface area contributed by atoms with Gasteiger partial charge in [0.2, 0.25) is 5.89 Å². The summed E-state index contributed by atoms with van der Waals surface area (Å²) in [6.07, 6.45) is 0. The summed E-state index contributed by atoms with van der Waals surface area (Å²) in [6.45, 7) is 0. The SMILES string of the molecule is c1ccc2cc(-c3ccc4cc(N(c5ccc(-c6nc7ccccc7o6)cc5)c5ccc6c(c5)oc5ccccc56)ccc4c3)ccc2c1. The Bertz CT molecular complexity index is 2810. The maximum Gasteiger partial charge on any atom is 0.227 e. The molecule has 0 spiro atoms. The summed E-state index contributed by atoms with van der Waals surface area (Å²) < 4.78 is 12.4. The van der Waals surface area contributed by atoms with E-state index in [1.54, 1.807) is 0 Å². The highest BCUT2D eigenvalue weighted by atomic mass is 16.3. The predicted molar refractivity (Wildman–Crippen MR) is 202 cm³/mol. The summed E-state index contributed by atoms with van der Waals surface area (Å²) in [6, 6.07) is 59.5. The zero-order valence-corrected chi connectivity index (χ0v) is 26.4. The summed E-state index contributed by atoms with van der Waals surface area (Å²) in [7, 11) is 0. The van der Waals surface area contributed by atoms with Crippen LogP contribution in [-0.4, -0.2) is 4.98 Å². The number of hydrogen-bond donors (Lipinski definition) is 0. The van der Waals surface area contributed by atoms with Crippen LogP contribution >= 0.6 is 0 Å². The third kappa shape index (κ3) is 4.73. The van der Waals surface area contributed by atoms with Gasteiger partial charge in [-0.15, -0.1) is 0 Å². The fraction of sp³-hybridized carbons (Fsp3) is 0. The molecule has 0 N–H and O–H groups in total. The van der Waals surface area contributed by atoms with Gasteiger partial charge >= 0.3 is 0 Å². The molecular formula is C45H28N2O2. The normalized spacial score (nSPS) is 11.7. The van der Waals surface area contributed by atoms with Crippen molar-refractivity contribution in [2.75, 3.05) is 4.90 Å². The summed E-state index contributed by atoms with van der Waals surface area (Å²) in [5.74, 6) is 0.607. The van der Waals surface area contributed by atoms with E-state index in [9.17, 15) is 0 Å². The van der Waals surface area contributed by atoms with Gasteiger partial charge in [0.05, 0.1) is 0 Å². The first-order chi connectivity index (χ1) is 24.2. The van der Waals surface area contributed by atoms with Crippen molar-refractivity contribution >= 4 is 71.6 Å². The molecule has 10 aromatic rings. The Morgan fingerprint density at radius 1 is 0.367 bits per heavy atom. The van der Waals surface area contributed by atoms with Crippen molar-refractivity contribution in [3.63, 3.8) is 0 Å². The van der Waals surface area contributed by atoms with Crippen LogP contribution in [0.3, 0.4) is 0 Å². The maximum absolute atomic E-state index is 6.33. The average molecular weight is 629 g/mol. The molecular weight excluding hydrogens is 601 g/mol. The van der Waals surface area contributed by atoms with E-state index < -0.39 is 0 Å². The number of anilines is 3. The van der Waals surface area contributed by atoms with Crippen LogP contribution in [0.15, 0.2) is 179 Å². The van der Waals surface area contributed by atoms with E-state index in [0.717, 1.165) is 55.7 Å². The van der Waals surface area contributed by atoms with Gasteiger partial charge in [0, 0.05) is 39.5 Å². The summed E-state index contributed by atoms with van der Waals surface area (Å²) in [5, 5.41) is 7.07. The lowest BCUT2D eigenvalue weighted by Gasteiger charge is -2.26. The van der Waals surface area contributed by atoms with Gasteiger partial charge in [0.15, 0.2) is 5.58 Å². The van der Waals surface area contributed by atoms with E-state index in [1.165, 1.54) is 32.7 Å². The van der Waals surface area contributed by atoms with Crippen LogP contribution < -0.4 is 4.90 Å². The molecule has 0 unspecified atom stereocenters. The lowest BCUT2D eigenvalue weighted by Crippen LogP contribution is -2.09. The Hall–Kier alpha value is -6.65. The zero-order valence-electron chi connectivity index (χ0n) is 26.4. The second-order valence-electron chi connectivity index (χ2n) is 12.5. The first kappa shape index (κ1) is 27.5. The summed E-state index contributed by atoms with van der Waals surface area (Å²) >= 11 is 0. The second-order valence-corrected chi connectivity index (χ2v) is 12.5. The van der Waals surface area contributed by atoms with E-state index in [4.69, 9.17) is 13.8 Å². The molecule has 0 atom stereocenters. The van der Waals surface area contributed by atoms with Crippen LogP contribution in [0.4, 0.5) is 17.1 Å². The zero-order chi connectivity index (χ0) is 32.3. The van der Waals surface area contributed by atoms with Crippen molar-refractivity contribution in [1.29, 1.82) is 0 Å². The molecule has 0 saturated heterocycles. The largest absolute Gasteiger partial charge is 0.456 e. The minimum atomic E-state index is 0.607. The van der Waals surface area contributed by atoms with Crippen LogP contribution in [-0.2, 0) is 0 Å². The molecule has 230 valence electrons. The molecule has 2 aromatic heterocycles. The lowest BCUT2D eigenvalue weighted by molar-refractivity contribution is 0.620. The number of hydrogen-bond acceptors (Lipinski definition) is 4. The van der Waals surface area contributed by atoms with Gasteiger partial charge in [0.25, 0.3) is 0 Å². The highest BCUT2D eigenvalue weighted by molar-refractivity contribution is 6.06. The van der Waals surface area contributed by atoms with Crippen molar-refractivity contribution in [2.45, 2.75) is 0 Å². The van der Waals surface area contributed by atoms with E-state index >= 15 is 0 Å². The van der Waals surface area contributed by atoms with Gasteiger partial charge in [-0.2, -0.15) is 0 Å². The number of aromatic nitrogens is 1. The van der Waals surface area contributed by atoms with Gasteiger partial charge in [-0.1, -0.05) is 84.9 Å². The molecule has 2 heterocycles. The molecule has 0 aliphatic heterocycles.